The molecule has 24 heteroatoms. The van der Waals surface area contributed by atoms with Crippen molar-refractivity contribution in [1.29, 1.82) is 0 Å². The molecule has 360 valence electrons. The van der Waals surface area contributed by atoms with Gasteiger partial charge in [0.25, 0.3) is 21.4 Å². The molecule has 0 bridgehead atoms. The highest BCUT2D eigenvalue weighted by atomic mass is 32.2. The Bertz CT molecular complexity index is 2920. The van der Waals surface area contributed by atoms with E-state index in [9.17, 15) is 46.0 Å². The van der Waals surface area contributed by atoms with Crippen LogP contribution in [-0.2, 0) is 57.1 Å². The van der Waals surface area contributed by atoms with Crippen molar-refractivity contribution < 1.29 is 50.6 Å². The first-order valence-electron chi connectivity index (χ1n) is 20.9. The predicted molar refractivity (Wildman–Crippen MR) is 254 cm³/mol. The van der Waals surface area contributed by atoms with E-state index in [0.717, 1.165) is 11.1 Å². The Morgan fingerprint density at radius 2 is 0.956 bits per heavy atom. The van der Waals surface area contributed by atoms with Gasteiger partial charge in [0.15, 0.2) is 0 Å². The average molecular weight is 991 g/mol. The van der Waals surface area contributed by atoms with E-state index < -0.39 is 31.4 Å². The number of rotatable bonds is 24. The second-order valence-corrected chi connectivity index (χ2v) is 18.8. The van der Waals surface area contributed by atoms with E-state index in [0.29, 0.717) is 39.9 Å². The third kappa shape index (κ3) is 14.9. The van der Waals surface area contributed by atoms with Gasteiger partial charge >= 0.3 is 0 Å². The van der Waals surface area contributed by atoms with Crippen LogP contribution >= 0.6 is 0 Å². The lowest BCUT2D eigenvalue weighted by molar-refractivity contribution is 0.279. The van der Waals surface area contributed by atoms with Gasteiger partial charge in [-0.15, -0.1) is 0 Å². The maximum Gasteiger partial charge on any atom is 0.295 e. The first-order chi connectivity index (χ1) is 32.5. The minimum Gasteiger partial charge on any atom is -0.395 e. The molecule has 0 amide bonds. The van der Waals surface area contributed by atoms with Crippen molar-refractivity contribution in [3.63, 3.8) is 0 Å². The Morgan fingerprint density at radius 3 is 1.35 bits per heavy atom. The second kappa shape index (κ2) is 23.7. The maximum atomic E-state index is 12.8. The number of aliphatic hydroxyl groups is 4. The zero-order valence-corrected chi connectivity index (χ0v) is 38.9. The van der Waals surface area contributed by atoms with Gasteiger partial charge in [0.05, 0.1) is 31.3 Å². The van der Waals surface area contributed by atoms with Crippen LogP contribution in [0.1, 0.15) is 56.7 Å². The molecule has 4 aromatic carbocycles. The van der Waals surface area contributed by atoms with Crippen molar-refractivity contribution >= 4 is 61.1 Å². The SMILES string of the molecule is NS(=O)(=O)c1ccc(Cc2nc(Cc3ccc(/C=C/c4ccc(Cc5nc(Cc6ccc(NS(=O)O)cc6)nc(N(CCO)CCO)n5)cc4S(=O)(=O)O)cc3)nc(N(CCO)CCO)n2)cc1. The Morgan fingerprint density at radius 1 is 0.559 bits per heavy atom. The summed E-state index contributed by atoms with van der Waals surface area (Å²) in [5.74, 6) is 1.78. The number of nitrogens with two attached hydrogens (primary N) is 1. The summed E-state index contributed by atoms with van der Waals surface area (Å²) in [6, 6.07) is 24.5. The molecule has 0 fully saturated rings. The van der Waals surface area contributed by atoms with Gasteiger partial charge < -0.3 is 30.2 Å². The number of sulfonamides is 1. The smallest absolute Gasteiger partial charge is 0.295 e. The van der Waals surface area contributed by atoms with E-state index in [1.54, 1.807) is 70.5 Å². The summed E-state index contributed by atoms with van der Waals surface area (Å²) >= 11 is -2.25. The molecule has 0 spiro atoms. The number of hydrogen-bond donors (Lipinski definition) is 8. The fourth-order valence-electron chi connectivity index (χ4n) is 6.92. The number of nitrogens with zero attached hydrogens (tertiary/aromatic N) is 8. The first kappa shape index (κ1) is 51.2. The molecule has 2 aromatic heterocycles. The Balaban J connectivity index is 1.22. The number of hydrogen-bond acceptors (Lipinski definition) is 17. The molecule has 0 saturated carbocycles. The van der Waals surface area contributed by atoms with E-state index >= 15 is 0 Å². The van der Waals surface area contributed by atoms with Gasteiger partial charge in [0, 0.05) is 57.5 Å². The van der Waals surface area contributed by atoms with Crippen LogP contribution in [0.3, 0.4) is 0 Å². The Hall–Kier alpha value is -6.19. The topological polar surface area (TPSA) is 329 Å². The number of aromatic nitrogens is 6. The van der Waals surface area contributed by atoms with Crippen molar-refractivity contribution in [2.24, 2.45) is 5.14 Å². The molecule has 6 aromatic rings. The number of anilines is 3. The van der Waals surface area contributed by atoms with Crippen LogP contribution in [0.25, 0.3) is 12.2 Å². The van der Waals surface area contributed by atoms with Crippen LogP contribution in [-0.4, -0.2) is 133 Å². The summed E-state index contributed by atoms with van der Waals surface area (Å²) in [6.45, 7) is -0.386. The van der Waals surface area contributed by atoms with Gasteiger partial charge in [-0.1, -0.05) is 72.8 Å². The maximum absolute atomic E-state index is 12.8. The van der Waals surface area contributed by atoms with Gasteiger partial charge in [-0.3, -0.25) is 13.8 Å². The van der Waals surface area contributed by atoms with Gasteiger partial charge in [-0.25, -0.2) is 27.7 Å². The van der Waals surface area contributed by atoms with Crippen molar-refractivity contribution in [3.8, 4) is 0 Å². The van der Waals surface area contributed by atoms with Gasteiger partial charge in [-0.05, 0) is 63.7 Å². The van der Waals surface area contributed by atoms with E-state index in [2.05, 4.69) is 34.6 Å². The number of aliphatic hydroxyl groups excluding tert-OH is 4. The highest BCUT2D eigenvalue weighted by Gasteiger charge is 2.19. The van der Waals surface area contributed by atoms with Crippen LogP contribution in [0.2, 0.25) is 0 Å². The van der Waals surface area contributed by atoms with Crippen LogP contribution < -0.4 is 19.7 Å². The Kier molecular flexibility index (Phi) is 17.8. The zero-order valence-electron chi connectivity index (χ0n) is 36.4. The standard InChI is InChI=1S/C44H50N10O11S3/c45-67(61,62)37-15-9-33(10-16-37)28-41-46-39(48-43(50-41)53(17-21-55)18-22-56)26-31-3-1-30(2-4-31)5-11-35-12-6-34(25-38(35)68(63,64)65)29-42-47-40(49-44(51-42)54(19-23-57)20-24-58)27-32-7-13-36(14-8-32)52-66(59)60/h1-16,25,52,55-58H,17-24,26-29H2,(H,59,60)(H2,45,61,62)(H,63,64,65)/b11-5+. The predicted octanol–water partition coefficient (Wildman–Crippen LogP) is 1.61. The molecule has 1 unspecified atom stereocenters. The summed E-state index contributed by atoms with van der Waals surface area (Å²) in [7, 11) is -8.61. The highest BCUT2D eigenvalue weighted by molar-refractivity contribution is 7.89. The molecule has 0 aliphatic heterocycles. The molecule has 6 rings (SSSR count). The summed E-state index contributed by atoms with van der Waals surface area (Å²) in [5, 5.41) is 44.0. The Labute approximate surface area is 395 Å². The monoisotopic (exact) mass is 990 g/mol. The molecule has 68 heavy (non-hydrogen) atoms. The minimum atomic E-state index is -4.73. The first-order valence-corrected chi connectivity index (χ1v) is 25.0. The lowest BCUT2D eigenvalue weighted by Gasteiger charge is -2.21. The van der Waals surface area contributed by atoms with E-state index in [1.807, 2.05) is 24.3 Å². The van der Waals surface area contributed by atoms with E-state index in [1.165, 1.54) is 18.2 Å². The largest absolute Gasteiger partial charge is 0.395 e. The van der Waals surface area contributed by atoms with Gasteiger partial charge in [-0.2, -0.15) is 28.4 Å². The fraction of sp³-hybridized carbons (Fsp3) is 0.273. The minimum absolute atomic E-state index is 0.0210. The third-order valence-corrected chi connectivity index (χ3v) is 12.4. The summed E-state index contributed by atoms with van der Waals surface area (Å²) < 4.78 is 82.0. The molecule has 0 radical (unpaired) electrons. The number of nitrogens with one attached hydrogen (secondary N) is 1. The van der Waals surface area contributed by atoms with Crippen LogP contribution in [0.15, 0.2) is 101 Å². The third-order valence-electron chi connectivity index (χ3n) is 10.1. The van der Waals surface area contributed by atoms with Crippen molar-refractivity contribution in [2.75, 3.05) is 67.1 Å². The van der Waals surface area contributed by atoms with Gasteiger partial charge in [0.2, 0.25) is 21.9 Å². The average Bonchev–Trinajstić information content (AvgIpc) is 3.29. The molecule has 2 heterocycles. The molecular weight excluding hydrogens is 941 g/mol. The van der Waals surface area contributed by atoms with E-state index in [4.69, 9.17) is 9.69 Å². The van der Waals surface area contributed by atoms with Crippen molar-refractivity contribution in [1.82, 2.24) is 29.9 Å². The zero-order chi connectivity index (χ0) is 48.8. The van der Waals surface area contributed by atoms with Crippen molar-refractivity contribution in [3.05, 3.63) is 148 Å². The summed E-state index contributed by atoms with van der Waals surface area (Å²) in [6.07, 6.45) is 3.97. The van der Waals surface area contributed by atoms with E-state index in [-0.39, 0.29) is 111 Å². The molecule has 0 saturated heterocycles. The number of benzene rings is 4. The summed E-state index contributed by atoms with van der Waals surface area (Å²) in [5.41, 5.74) is 4.06. The second-order valence-electron chi connectivity index (χ2n) is 15.2. The lowest BCUT2D eigenvalue weighted by atomic mass is 10.1. The van der Waals surface area contributed by atoms with Gasteiger partial charge in [0.1, 0.15) is 28.2 Å². The molecular formula is C44H50N10O11S3. The fourth-order valence-corrected chi connectivity index (χ4v) is 8.50. The molecule has 0 aliphatic carbocycles. The van der Waals surface area contributed by atoms with Crippen LogP contribution in [0.5, 0.6) is 0 Å². The van der Waals surface area contributed by atoms with Crippen LogP contribution in [0, 0.1) is 0 Å². The normalized spacial score (nSPS) is 12.3. The molecule has 21 nitrogen and oxygen atoms in total. The lowest BCUT2D eigenvalue weighted by Crippen LogP contribution is -2.32. The highest BCUT2D eigenvalue weighted by Crippen LogP contribution is 2.24. The molecule has 9 N–H and O–H groups in total. The number of primary sulfonamides is 1. The van der Waals surface area contributed by atoms with Crippen LogP contribution in [0.4, 0.5) is 17.6 Å². The molecule has 1 atom stereocenters. The quantitative estimate of drug-likeness (QED) is 0.0243. The summed E-state index contributed by atoms with van der Waals surface area (Å²) in [4.78, 5) is 30.4. The molecule has 0 aliphatic rings. The van der Waals surface area contributed by atoms with Crippen molar-refractivity contribution in [2.45, 2.75) is 35.5 Å².